The van der Waals surface area contributed by atoms with Crippen molar-refractivity contribution >= 4 is 16.9 Å². The Morgan fingerprint density at radius 2 is 1.96 bits per heavy atom. The third-order valence-electron chi connectivity index (χ3n) is 5.10. The maximum atomic E-state index is 12.8. The van der Waals surface area contributed by atoms with E-state index < -0.39 is 0 Å². The van der Waals surface area contributed by atoms with Crippen LogP contribution < -0.4 is 0 Å². The minimum absolute atomic E-state index is 0.111. The zero-order valence-corrected chi connectivity index (χ0v) is 13.5. The number of piperidine rings is 1. The Morgan fingerprint density at radius 1 is 1.13 bits per heavy atom. The van der Waals surface area contributed by atoms with Crippen molar-refractivity contribution in [3.8, 4) is 0 Å². The highest BCUT2D eigenvalue weighted by Crippen LogP contribution is 2.31. The van der Waals surface area contributed by atoms with Gasteiger partial charge in [-0.15, -0.1) is 0 Å². The highest BCUT2D eigenvalue weighted by atomic mass is 16.2. The smallest absolute Gasteiger partial charge is 0.237 e. The lowest BCUT2D eigenvalue weighted by atomic mass is 10.1. The molecule has 0 bridgehead atoms. The first-order chi connectivity index (χ1) is 11.3. The number of hydrogen-bond acceptors (Lipinski definition) is 3. The highest BCUT2D eigenvalue weighted by molar-refractivity contribution is 5.79. The molecule has 0 saturated carbocycles. The van der Waals surface area contributed by atoms with Gasteiger partial charge in [-0.2, -0.15) is 0 Å². The summed E-state index contributed by atoms with van der Waals surface area (Å²) in [7, 11) is 0. The summed E-state index contributed by atoms with van der Waals surface area (Å²) in [6, 6.07) is 8.18. The van der Waals surface area contributed by atoms with E-state index in [0.29, 0.717) is 6.54 Å². The van der Waals surface area contributed by atoms with Crippen molar-refractivity contribution < 1.29 is 4.79 Å². The summed E-state index contributed by atoms with van der Waals surface area (Å²) in [6.45, 7) is 3.55. The number of carbonyl (C=O) groups is 1. The number of hydrogen-bond donors (Lipinski definition) is 1. The van der Waals surface area contributed by atoms with Crippen LogP contribution in [0.4, 0.5) is 0 Å². The fourth-order valence-electron chi connectivity index (χ4n) is 3.88. The SMILES string of the molecule is O=C(CN1CCCCC1)N1CCC[C@H]1c1nc2ccccc2[nH]1. The number of carbonyl (C=O) groups excluding carboxylic acids is 1. The fraction of sp³-hybridized carbons (Fsp3) is 0.556. The first-order valence-corrected chi connectivity index (χ1v) is 8.78. The van der Waals surface area contributed by atoms with Crippen LogP contribution in [0.1, 0.15) is 44.0 Å². The lowest BCUT2D eigenvalue weighted by Crippen LogP contribution is -2.42. The van der Waals surface area contributed by atoms with E-state index in [4.69, 9.17) is 4.98 Å². The average Bonchev–Trinajstić information content (AvgIpc) is 3.22. The molecule has 1 amide bonds. The Balaban J connectivity index is 1.50. The molecule has 2 aliphatic heterocycles. The molecular formula is C18H24N4O. The monoisotopic (exact) mass is 312 g/mol. The van der Waals surface area contributed by atoms with Crippen LogP contribution in [0.3, 0.4) is 0 Å². The number of fused-ring (bicyclic) bond motifs is 1. The van der Waals surface area contributed by atoms with E-state index in [-0.39, 0.29) is 11.9 Å². The maximum Gasteiger partial charge on any atom is 0.237 e. The maximum absolute atomic E-state index is 12.8. The molecule has 5 nitrogen and oxygen atoms in total. The van der Waals surface area contributed by atoms with E-state index in [0.717, 1.165) is 49.3 Å². The molecule has 1 atom stereocenters. The zero-order chi connectivity index (χ0) is 15.6. The van der Waals surface area contributed by atoms with E-state index >= 15 is 0 Å². The van der Waals surface area contributed by atoms with Gasteiger partial charge in [0.1, 0.15) is 5.82 Å². The topological polar surface area (TPSA) is 52.2 Å². The summed E-state index contributed by atoms with van der Waals surface area (Å²) >= 11 is 0. The predicted octanol–water partition coefficient (Wildman–Crippen LogP) is 2.71. The third-order valence-corrected chi connectivity index (χ3v) is 5.10. The summed E-state index contributed by atoms with van der Waals surface area (Å²) in [5.74, 6) is 1.20. The van der Waals surface area contributed by atoms with Gasteiger partial charge in [0.05, 0.1) is 23.6 Å². The van der Waals surface area contributed by atoms with Crippen molar-refractivity contribution in [1.29, 1.82) is 0 Å². The molecule has 2 fully saturated rings. The number of imidazole rings is 1. The highest BCUT2D eigenvalue weighted by Gasteiger charge is 2.32. The van der Waals surface area contributed by atoms with Crippen molar-refractivity contribution in [3.05, 3.63) is 30.1 Å². The molecule has 0 radical (unpaired) electrons. The predicted molar refractivity (Wildman–Crippen MR) is 90.1 cm³/mol. The lowest BCUT2D eigenvalue weighted by molar-refractivity contribution is -0.133. The Bertz CT molecular complexity index is 656. The quantitative estimate of drug-likeness (QED) is 0.948. The first kappa shape index (κ1) is 14.7. The number of para-hydroxylation sites is 2. The minimum atomic E-state index is 0.111. The Labute approximate surface area is 136 Å². The molecule has 4 rings (SSSR count). The molecular weight excluding hydrogens is 288 g/mol. The summed E-state index contributed by atoms with van der Waals surface area (Å²) in [6.07, 6.45) is 5.82. The van der Waals surface area contributed by atoms with Crippen LogP contribution in [-0.2, 0) is 4.79 Å². The van der Waals surface area contributed by atoms with E-state index in [9.17, 15) is 4.79 Å². The Hall–Kier alpha value is -1.88. The molecule has 0 aliphatic carbocycles. The second-order valence-corrected chi connectivity index (χ2v) is 6.72. The number of aromatic nitrogens is 2. The van der Waals surface area contributed by atoms with Gasteiger partial charge in [0.15, 0.2) is 0 Å². The molecule has 5 heteroatoms. The van der Waals surface area contributed by atoms with Crippen molar-refractivity contribution in [2.45, 2.75) is 38.1 Å². The summed E-state index contributed by atoms with van der Waals surface area (Å²) in [4.78, 5) is 25.2. The van der Waals surface area contributed by atoms with Gasteiger partial charge in [-0.1, -0.05) is 18.6 Å². The van der Waals surface area contributed by atoms with E-state index in [2.05, 4.69) is 9.88 Å². The summed E-state index contributed by atoms with van der Waals surface area (Å²) in [5.41, 5.74) is 2.04. The van der Waals surface area contributed by atoms with Gasteiger partial charge in [0, 0.05) is 6.54 Å². The van der Waals surface area contributed by atoms with E-state index in [1.807, 2.05) is 29.2 Å². The van der Waals surface area contributed by atoms with E-state index in [1.165, 1.54) is 19.3 Å². The molecule has 122 valence electrons. The number of rotatable bonds is 3. The van der Waals surface area contributed by atoms with Gasteiger partial charge in [-0.25, -0.2) is 4.98 Å². The molecule has 1 aromatic carbocycles. The van der Waals surface area contributed by atoms with Crippen LogP contribution in [0.15, 0.2) is 24.3 Å². The van der Waals surface area contributed by atoms with Gasteiger partial charge in [-0.05, 0) is 50.9 Å². The van der Waals surface area contributed by atoms with Crippen LogP contribution in [0.5, 0.6) is 0 Å². The Kier molecular flexibility index (Phi) is 4.04. The largest absolute Gasteiger partial charge is 0.340 e. The van der Waals surface area contributed by atoms with Crippen molar-refractivity contribution in [2.75, 3.05) is 26.2 Å². The Morgan fingerprint density at radius 3 is 2.78 bits per heavy atom. The number of amides is 1. The van der Waals surface area contributed by atoms with Gasteiger partial charge < -0.3 is 9.88 Å². The lowest BCUT2D eigenvalue weighted by Gasteiger charge is -2.30. The summed E-state index contributed by atoms with van der Waals surface area (Å²) in [5, 5.41) is 0. The second-order valence-electron chi connectivity index (χ2n) is 6.72. The molecule has 3 heterocycles. The molecule has 0 spiro atoms. The zero-order valence-electron chi connectivity index (χ0n) is 13.5. The molecule has 1 N–H and O–H groups in total. The minimum Gasteiger partial charge on any atom is -0.340 e. The molecule has 1 aromatic heterocycles. The van der Waals surface area contributed by atoms with Crippen molar-refractivity contribution in [1.82, 2.24) is 19.8 Å². The molecule has 0 unspecified atom stereocenters. The van der Waals surface area contributed by atoms with Gasteiger partial charge in [0.2, 0.25) is 5.91 Å². The van der Waals surface area contributed by atoms with Crippen LogP contribution >= 0.6 is 0 Å². The van der Waals surface area contributed by atoms with E-state index in [1.54, 1.807) is 0 Å². The van der Waals surface area contributed by atoms with Crippen LogP contribution in [0.2, 0.25) is 0 Å². The molecule has 2 saturated heterocycles. The summed E-state index contributed by atoms with van der Waals surface area (Å²) < 4.78 is 0. The number of aromatic amines is 1. The van der Waals surface area contributed by atoms with Gasteiger partial charge in [0.25, 0.3) is 0 Å². The van der Waals surface area contributed by atoms with Crippen LogP contribution in [-0.4, -0.2) is 51.9 Å². The normalized spacial score (nSPS) is 22.8. The fourth-order valence-corrected chi connectivity index (χ4v) is 3.88. The number of H-pyrrole nitrogens is 1. The average molecular weight is 312 g/mol. The number of nitrogens with zero attached hydrogens (tertiary/aromatic N) is 3. The third kappa shape index (κ3) is 2.98. The number of benzene rings is 1. The molecule has 2 aromatic rings. The van der Waals surface area contributed by atoms with Gasteiger partial charge in [-0.3, -0.25) is 9.69 Å². The number of nitrogens with one attached hydrogen (secondary N) is 1. The van der Waals surface area contributed by atoms with Crippen LogP contribution in [0, 0.1) is 0 Å². The molecule has 23 heavy (non-hydrogen) atoms. The standard InChI is InChI=1S/C18H24N4O/c23-17(13-21-10-4-1-5-11-21)22-12-6-9-16(22)18-19-14-7-2-3-8-15(14)20-18/h2-3,7-8,16H,1,4-6,9-13H2,(H,19,20)/t16-/m0/s1. The second kappa shape index (κ2) is 6.32. The van der Waals surface area contributed by atoms with Gasteiger partial charge >= 0.3 is 0 Å². The van der Waals surface area contributed by atoms with Crippen molar-refractivity contribution in [3.63, 3.8) is 0 Å². The van der Waals surface area contributed by atoms with Crippen molar-refractivity contribution in [2.24, 2.45) is 0 Å². The first-order valence-electron chi connectivity index (χ1n) is 8.78. The number of likely N-dealkylation sites (tertiary alicyclic amines) is 2. The molecule has 2 aliphatic rings. The van der Waals surface area contributed by atoms with Crippen LogP contribution in [0.25, 0.3) is 11.0 Å².